The summed E-state index contributed by atoms with van der Waals surface area (Å²) in [6.45, 7) is 1.35. The summed E-state index contributed by atoms with van der Waals surface area (Å²) in [5, 5.41) is 10.6. The summed E-state index contributed by atoms with van der Waals surface area (Å²) in [4.78, 5) is 0. The molecule has 0 saturated heterocycles. The van der Waals surface area contributed by atoms with Crippen LogP contribution in [0.25, 0.3) is 0 Å². The Balaban J connectivity index is 2.66. The predicted octanol–water partition coefficient (Wildman–Crippen LogP) is 5.18. The van der Waals surface area contributed by atoms with Gasteiger partial charge in [-0.1, -0.05) is 34.8 Å². The number of halogens is 5. The molecule has 0 aromatic heterocycles. The van der Waals surface area contributed by atoms with E-state index in [4.69, 9.17) is 34.8 Å². The highest BCUT2D eigenvalue weighted by Crippen LogP contribution is 2.39. The maximum atomic E-state index is 13.6. The quantitative estimate of drug-likeness (QED) is 0.749. The molecule has 2 aromatic rings. The second kappa shape index (κ2) is 5.49. The SMILES string of the molecule is CC(O)(c1cc(F)ccc1Cl)c1cc(F)c(Cl)cc1Cl. The third-order valence-corrected chi connectivity index (χ3v) is 3.92. The van der Waals surface area contributed by atoms with Gasteiger partial charge in [-0.25, -0.2) is 8.78 Å². The summed E-state index contributed by atoms with van der Waals surface area (Å²) < 4.78 is 26.9. The van der Waals surface area contributed by atoms with Gasteiger partial charge in [0.2, 0.25) is 0 Å². The molecule has 0 saturated carbocycles. The van der Waals surface area contributed by atoms with E-state index in [2.05, 4.69) is 0 Å². The van der Waals surface area contributed by atoms with Crippen molar-refractivity contribution in [3.63, 3.8) is 0 Å². The van der Waals surface area contributed by atoms with E-state index in [1.54, 1.807) is 0 Å². The van der Waals surface area contributed by atoms with Crippen molar-refractivity contribution in [1.29, 1.82) is 0 Å². The molecule has 1 N–H and O–H groups in total. The fourth-order valence-electron chi connectivity index (χ4n) is 1.91. The molecule has 106 valence electrons. The van der Waals surface area contributed by atoms with E-state index < -0.39 is 17.2 Å². The monoisotopic (exact) mass is 336 g/mol. The Hall–Kier alpha value is -0.870. The topological polar surface area (TPSA) is 20.2 Å². The van der Waals surface area contributed by atoms with Gasteiger partial charge in [-0.3, -0.25) is 0 Å². The van der Waals surface area contributed by atoms with Crippen molar-refractivity contribution >= 4 is 34.8 Å². The van der Waals surface area contributed by atoms with Gasteiger partial charge >= 0.3 is 0 Å². The Morgan fingerprint density at radius 2 is 1.50 bits per heavy atom. The van der Waals surface area contributed by atoms with Gasteiger partial charge in [0.1, 0.15) is 17.2 Å². The molecule has 0 radical (unpaired) electrons. The standard InChI is InChI=1S/C14H9Cl3F2O/c1-14(20,8-4-7(18)2-3-10(8)15)9-5-13(19)12(17)6-11(9)16/h2-6,20H,1H3. The van der Waals surface area contributed by atoms with Crippen LogP contribution in [0.4, 0.5) is 8.78 Å². The lowest BCUT2D eigenvalue weighted by Gasteiger charge is -2.26. The van der Waals surface area contributed by atoms with Gasteiger partial charge in [0, 0.05) is 21.2 Å². The highest BCUT2D eigenvalue weighted by atomic mass is 35.5. The van der Waals surface area contributed by atoms with Crippen LogP contribution in [0.15, 0.2) is 30.3 Å². The van der Waals surface area contributed by atoms with Gasteiger partial charge in [0.25, 0.3) is 0 Å². The molecule has 0 heterocycles. The molecule has 1 atom stereocenters. The summed E-state index contributed by atoms with van der Waals surface area (Å²) in [7, 11) is 0. The van der Waals surface area contributed by atoms with Crippen molar-refractivity contribution in [3.05, 3.63) is 68.2 Å². The fraction of sp³-hybridized carbons (Fsp3) is 0.143. The average Bonchev–Trinajstić information content (AvgIpc) is 2.36. The van der Waals surface area contributed by atoms with E-state index in [9.17, 15) is 13.9 Å². The van der Waals surface area contributed by atoms with Crippen molar-refractivity contribution in [1.82, 2.24) is 0 Å². The first-order valence-electron chi connectivity index (χ1n) is 5.56. The van der Waals surface area contributed by atoms with Crippen LogP contribution in [0, 0.1) is 11.6 Å². The Labute approximate surface area is 129 Å². The van der Waals surface area contributed by atoms with Crippen molar-refractivity contribution < 1.29 is 13.9 Å². The molecule has 2 aromatic carbocycles. The van der Waals surface area contributed by atoms with Gasteiger partial charge in [0.15, 0.2) is 0 Å². The van der Waals surface area contributed by atoms with E-state index in [0.717, 1.165) is 18.2 Å². The molecule has 0 aliphatic rings. The highest BCUT2D eigenvalue weighted by molar-refractivity contribution is 6.35. The lowest BCUT2D eigenvalue weighted by atomic mass is 9.88. The zero-order chi connectivity index (χ0) is 15.1. The van der Waals surface area contributed by atoms with Crippen molar-refractivity contribution in [2.75, 3.05) is 0 Å². The molecule has 0 aliphatic heterocycles. The third-order valence-electron chi connectivity index (χ3n) is 2.99. The number of rotatable bonds is 2. The normalized spacial score (nSPS) is 14.2. The van der Waals surface area contributed by atoms with Crippen LogP contribution in [-0.2, 0) is 5.60 Å². The maximum Gasteiger partial charge on any atom is 0.142 e. The van der Waals surface area contributed by atoms with Gasteiger partial charge in [-0.05, 0) is 37.3 Å². The van der Waals surface area contributed by atoms with Crippen LogP contribution in [-0.4, -0.2) is 5.11 Å². The molecule has 6 heteroatoms. The molecule has 1 unspecified atom stereocenters. The molecule has 0 amide bonds. The Morgan fingerprint density at radius 1 is 0.900 bits per heavy atom. The highest BCUT2D eigenvalue weighted by Gasteiger charge is 2.31. The molecular formula is C14H9Cl3F2O. The van der Waals surface area contributed by atoms with Crippen LogP contribution in [0.2, 0.25) is 15.1 Å². The number of hydrogen-bond donors (Lipinski definition) is 1. The summed E-state index contributed by atoms with van der Waals surface area (Å²) in [6.07, 6.45) is 0. The van der Waals surface area contributed by atoms with Crippen LogP contribution in [0.5, 0.6) is 0 Å². The molecule has 2 rings (SSSR count). The zero-order valence-corrected chi connectivity index (χ0v) is 12.5. The van der Waals surface area contributed by atoms with Gasteiger partial charge in [-0.15, -0.1) is 0 Å². The summed E-state index contributed by atoms with van der Waals surface area (Å²) in [5.74, 6) is -1.31. The average molecular weight is 338 g/mol. The summed E-state index contributed by atoms with van der Waals surface area (Å²) >= 11 is 17.6. The first-order valence-corrected chi connectivity index (χ1v) is 6.70. The van der Waals surface area contributed by atoms with Gasteiger partial charge < -0.3 is 5.11 Å². The van der Waals surface area contributed by atoms with Crippen LogP contribution < -0.4 is 0 Å². The Kier molecular flexibility index (Phi) is 4.26. The maximum absolute atomic E-state index is 13.6. The molecule has 20 heavy (non-hydrogen) atoms. The van der Waals surface area contributed by atoms with Crippen molar-refractivity contribution in [3.8, 4) is 0 Å². The number of aliphatic hydroxyl groups is 1. The van der Waals surface area contributed by atoms with E-state index in [0.29, 0.717) is 0 Å². The third kappa shape index (κ3) is 2.77. The predicted molar refractivity (Wildman–Crippen MR) is 76.5 cm³/mol. The Morgan fingerprint density at radius 3 is 2.15 bits per heavy atom. The molecule has 0 spiro atoms. The molecule has 0 fully saturated rings. The van der Waals surface area contributed by atoms with Crippen LogP contribution >= 0.6 is 34.8 Å². The van der Waals surface area contributed by atoms with E-state index in [1.807, 2.05) is 0 Å². The largest absolute Gasteiger partial charge is 0.381 e. The number of benzene rings is 2. The molecular weight excluding hydrogens is 329 g/mol. The molecule has 0 bridgehead atoms. The first-order chi connectivity index (χ1) is 9.23. The minimum absolute atomic E-state index is 0.0496. The second-order valence-electron chi connectivity index (χ2n) is 4.44. The minimum atomic E-state index is -1.76. The summed E-state index contributed by atoms with van der Waals surface area (Å²) in [5.41, 5.74) is -1.63. The molecule has 0 aliphatic carbocycles. The number of hydrogen-bond acceptors (Lipinski definition) is 1. The van der Waals surface area contributed by atoms with Gasteiger partial charge in [-0.2, -0.15) is 0 Å². The van der Waals surface area contributed by atoms with E-state index >= 15 is 0 Å². The van der Waals surface area contributed by atoms with Crippen LogP contribution in [0.1, 0.15) is 18.1 Å². The van der Waals surface area contributed by atoms with Gasteiger partial charge in [0.05, 0.1) is 5.02 Å². The van der Waals surface area contributed by atoms with E-state index in [1.165, 1.54) is 19.1 Å². The van der Waals surface area contributed by atoms with Crippen LogP contribution in [0.3, 0.4) is 0 Å². The lowest BCUT2D eigenvalue weighted by Crippen LogP contribution is -2.24. The minimum Gasteiger partial charge on any atom is -0.381 e. The lowest BCUT2D eigenvalue weighted by molar-refractivity contribution is 0.102. The van der Waals surface area contributed by atoms with E-state index in [-0.39, 0.29) is 26.2 Å². The fourth-order valence-corrected chi connectivity index (χ4v) is 2.78. The second-order valence-corrected chi connectivity index (χ2v) is 5.66. The zero-order valence-electron chi connectivity index (χ0n) is 10.2. The summed E-state index contributed by atoms with van der Waals surface area (Å²) in [6, 6.07) is 5.72. The molecule has 1 nitrogen and oxygen atoms in total. The first kappa shape index (κ1) is 15.5. The Bertz CT molecular complexity index is 672. The van der Waals surface area contributed by atoms with Crippen molar-refractivity contribution in [2.24, 2.45) is 0 Å². The van der Waals surface area contributed by atoms with Crippen molar-refractivity contribution in [2.45, 2.75) is 12.5 Å². The smallest absolute Gasteiger partial charge is 0.142 e.